The van der Waals surface area contributed by atoms with Crippen molar-refractivity contribution in [3.8, 4) is 0 Å². The van der Waals surface area contributed by atoms with Gasteiger partial charge in [0.05, 0.1) is 12.0 Å². The molecule has 3 heterocycles. The smallest absolute Gasteiger partial charge is 0.475 e. The molecule has 31 heavy (non-hydrogen) atoms. The van der Waals surface area contributed by atoms with E-state index >= 15 is 0 Å². The van der Waals surface area contributed by atoms with Crippen LogP contribution >= 0.6 is 0 Å². The third kappa shape index (κ3) is 6.91. The normalized spacial score (nSPS) is 24.8. The van der Waals surface area contributed by atoms with Gasteiger partial charge in [-0.1, -0.05) is 6.92 Å². The molecule has 2 unspecified atom stereocenters. The summed E-state index contributed by atoms with van der Waals surface area (Å²) < 4.78 is 65.9. The number of carbonyl (C=O) groups is 2. The molecule has 2 N–H and O–H groups in total. The Labute approximate surface area is 176 Å². The number of carboxylic acid groups (broad SMARTS) is 1. The number of likely N-dealkylation sites (tertiary alicyclic amines) is 1. The number of furan rings is 1. The third-order valence-electron chi connectivity index (χ3n) is 5.55. The van der Waals surface area contributed by atoms with Crippen LogP contribution in [0.1, 0.15) is 50.0 Å². The molecule has 2 saturated heterocycles. The van der Waals surface area contributed by atoms with Crippen LogP contribution in [0.3, 0.4) is 0 Å². The second-order valence-corrected chi connectivity index (χ2v) is 8.32. The van der Waals surface area contributed by atoms with Gasteiger partial charge in [0.1, 0.15) is 11.5 Å². The molecule has 2 aliphatic rings. The number of piperidine rings is 2. The lowest BCUT2D eigenvalue weighted by Crippen LogP contribution is -2.60. The van der Waals surface area contributed by atoms with Gasteiger partial charge in [0.15, 0.2) is 0 Å². The van der Waals surface area contributed by atoms with Gasteiger partial charge < -0.3 is 14.8 Å². The van der Waals surface area contributed by atoms with E-state index in [0.717, 1.165) is 24.4 Å². The Morgan fingerprint density at radius 1 is 1.32 bits per heavy atom. The molecule has 0 radical (unpaired) electrons. The van der Waals surface area contributed by atoms with Crippen molar-refractivity contribution in [2.45, 2.75) is 57.5 Å². The Kier molecular flexibility index (Phi) is 7.72. The Hall–Kier alpha value is -2.17. The van der Waals surface area contributed by atoms with E-state index in [1.165, 1.54) is 0 Å². The summed E-state index contributed by atoms with van der Waals surface area (Å²) in [5, 5.41) is 9.91. The zero-order chi connectivity index (χ0) is 23.4. The number of aliphatic carboxylic acids is 1. The van der Waals surface area contributed by atoms with Gasteiger partial charge >= 0.3 is 12.1 Å². The molecule has 176 valence electrons. The van der Waals surface area contributed by atoms with Crippen LogP contribution in [0.15, 0.2) is 16.5 Å². The van der Waals surface area contributed by atoms with E-state index in [9.17, 15) is 26.7 Å². The number of hydrogen-bond donors (Lipinski definition) is 2. The van der Waals surface area contributed by atoms with Gasteiger partial charge in [-0.2, -0.15) is 13.2 Å². The Balaban J connectivity index is 0.000000423. The second-order valence-electron chi connectivity index (χ2n) is 8.32. The maximum Gasteiger partial charge on any atom is 0.490 e. The summed E-state index contributed by atoms with van der Waals surface area (Å²) in [6.07, 6.45) is -3.34. The number of nitrogens with zero attached hydrogens (tertiary/aromatic N) is 1. The van der Waals surface area contributed by atoms with Crippen molar-refractivity contribution in [2.24, 2.45) is 5.41 Å². The van der Waals surface area contributed by atoms with Crippen LogP contribution in [0, 0.1) is 12.3 Å². The maximum absolute atomic E-state index is 14.3. The standard InChI is InChI=1S/C18H26F2N2O2.C2HF3O2/c1-13(15-5-4-14(2)24-15)6-9-22-11-17(10-18(19,20)12-22)7-3-8-21-16(17)23;3-2(4,5)1(6)7/h4-5,13H,3,6-12H2,1-2H3,(H,21,23);(H,6,7). The van der Waals surface area contributed by atoms with Crippen molar-refractivity contribution >= 4 is 11.9 Å². The number of amides is 1. The van der Waals surface area contributed by atoms with Crippen LogP contribution in [0.2, 0.25) is 0 Å². The second kappa shape index (κ2) is 9.54. The molecule has 1 spiro atoms. The fourth-order valence-electron chi connectivity index (χ4n) is 4.06. The Morgan fingerprint density at radius 3 is 2.48 bits per heavy atom. The van der Waals surface area contributed by atoms with Gasteiger partial charge in [0, 0.05) is 25.4 Å². The summed E-state index contributed by atoms with van der Waals surface area (Å²) in [5.74, 6) is -3.84. The molecule has 6 nitrogen and oxygen atoms in total. The van der Waals surface area contributed by atoms with Crippen molar-refractivity contribution in [1.82, 2.24) is 10.2 Å². The van der Waals surface area contributed by atoms with Gasteiger partial charge in [0.2, 0.25) is 5.91 Å². The highest BCUT2D eigenvalue weighted by Gasteiger charge is 2.53. The SMILES string of the molecule is Cc1ccc(C(C)CCN2CC(F)(F)CC3(CCCNC3=O)C2)o1.O=C(O)C(F)(F)F. The minimum Gasteiger partial charge on any atom is -0.475 e. The molecule has 1 aromatic rings. The van der Waals surface area contributed by atoms with Gasteiger partial charge in [-0.05, 0) is 44.9 Å². The van der Waals surface area contributed by atoms with E-state index in [2.05, 4.69) is 5.32 Å². The molecule has 2 aliphatic heterocycles. The number of alkyl halides is 5. The first-order valence-corrected chi connectivity index (χ1v) is 9.99. The van der Waals surface area contributed by atoms with E-state index < -0.39 is 23.5 Å². The molecular weight excluding hydrogens is 427 g/mol. The van der Waals surface area contributed by atoms with E-state index in [0.29, 0.717) is 26.1 Å². The predicted octanol–water partition coefficient (Wildman–Crippen LogP) is 3.95. The van der Waals surface area contributed by atoms with Crippen LogP contribution in [-0.2, 0) is 9.59 Å². The summed E-state index contributed by atoms with van der Waals surface area (Å²) in [6, 6.07) is 3.86. The van der Waals surface area contributed by atoms with Crippen LogP contribution in [0.4, 0.5) is 22.0 Å². The number of carboxylic acids is 1. The summed E-state index contributed by atoms with van der Waals surface area (Å²) in [7, 11) is 0. The van der Waals surface area contributed by atoms with Crippen LogP contribution in [0.25, 0.3) is 0 Å². The molecule has 1 aromatic heterocycles. The monoisotopic (exact) mass is 454 g/mol. The molecular formula is C20H27F5N2O4. The van der Waals surface area contributed by atoms with Gasteiger partial charge in [-0.15, -0.1) is 0 Å². The molecule has 2 atom stereocenters. The number of hydrogen-bond acceptors (Lipinski definition) is 4. The lowest BCUT2D eigenvalue weighted by molar-refractivity contribution is -0.192. The number of halogens is 5. The molecule has 11 heteroatoms. The highest BCUT2D eigenvalue weighted by Crippen LogP contribution is 2.43. The molecule has 0 aromatic carbocycles. The van der Waals surface area contributed by atoms with Gasteiger partial charge in [0.25, 0.3) is 5.92 Å². The first-order chi connectivity index (χ1) is 14.2. The van der Waals surface area contributed by atoms with Crippen LogP contribution in [-0.4, -0.2) is 60.2 Å². The Bertz CT molecular complexity index is 780. The zero-order valence-electron chi connectivity index (χ0n) is 17.4. The summed E-state index contributed by atoms with van der Waals surface area (Å²) in [4.78, 5) is 22.9. The zero-order valence-corrected chi connectivity index (χ0v) is 17.4. The summed E-state index contributed by atoms with van der Waals surface area (Å²) in [5.41, 5.74) is -0.926. The minimum atomic E-state index is -5.08. The summed E-state index contributed by atoms with van der Waals surface area (Å²) >= 11 is 0. The van der Waals surface area contributed by atoms with Crippen molar-refractivity contribution < 1.29 is 41.1 Å². The minimum absolute atomic E-state index is 0.172. The molecule has 2 fully saturated rings. The van der Waals surface area contributed by atoms with Crippen LogP contribution in [0.5, 0.6) is 0 Å². The van der Waals surface area contributed by atoms with Crippen LogP contribution < -0.4 is 5.32 Å². The number of aryl methyl sites for hydroxylation is 1. The molecule has 0 aliphatic carbocycles. The first kappa shape index (κ1) is 25.1. The van der Waals surface area contributed by atoms with E-state index in [1.807, 2.05) is 26.0 Å². The fourth-order valence-corrected chi connectivity index (χ4v) is 4.06. The molecule has 0 bridgehead atoms. The lowest BCUT2D eigenvalue weighted by atomic mass is 9.72. The quantitative estimate of drug-likeness (QED) is 0.674. The number of nitrogens with one attached hydrogen (secondary N) is 1. The summed E-state index contributed by atoms with van der Waals surface area (Å²) in [6.45, 7) is 5.26. The Morgan fingerprint density at radius 2 is 1.97 bits per heavy atom. The first-order valence-electron chi connectivity index (χ1n) is 9.99. The maximum atomic E-state index is 14.3. The van der Waals surface area contributed by atoms with Gasteiger partial charge in [-0.25, -0.2) is 13.6 Å². The number of carbonyl (C=O) groups excluding carboxylic acids is 1. The van der Waals surface area contributed by atoms with Crippen molar-refractivity contribution in [2.75, 3.05) is 26.2 Å². The van der Waals surface area contributed by atoms with Crippen molar-refractivity contribution in [1.29, 1.82) is 0 Å². The third-order valence-corrected chi connectivity index (χ3v) is 5.55. The van der Waals surface area contributed by atoms with E-state index in [1.54, 1.807) is 4.90 Å². The highest BCUT2D eigenvalue weighted by molar-refractivity contribution is 5.83. The largest absolute Gasteiger partial charge is 0.490 e. The average molecular weight is 454 g/mol. The lowest BCUT2D eigenvalue weighted by Gasteiger charge is -2.47. The highest BCUT2D eigenvalue weighted by atomic mass is 19.4. The van der Waals surface area contributed by atoms with E-state index in [-0.39, 0.29) is 24.8 Å². The topological polar surface area (TPSA) is 82.8 Å². The van der Waals surface area contributed by atoms with Crippen molar-refractivity contribution in [3.63, 3.8) is 0 Å². The van der Waals surface area contributed by atoms with Gasteiger partial charge in [-0.3, -0.25) is 9.69 Å². The molecule has 3 rings (SSSR count). The average Bonchev–Trinajstić information content (AvgIpc) is 3.07. The molecule has 0 saturated carbocycles. The van der Waals surface area contributed by atoms with E-state index in [4.69, 9.17) is 14.3 Å². The molecule has 1 amide bonds. The predicted molar refractivity (Wildman–Crippen MR) is 101 cm³/mol. The number of rotatable bonds is 4. The van der Waals surface area contributed by atoms with Crippen molar-refractivity contribution in [3.05, 3.63) is 23.7 Å². The fraction of sp³-hybridized carbons (Fsp3) is 0.700.